The van der Waals surface area contributed by atoms with Crippen molar-refractivity contribution < 1.29 is 0 Å². The van der Waals surface area contributed by atoms with Gasteiger partial charge in [0.05, 0.1) is 0 Å². The summed E-state index contributed by atoms with van der Waals surface area (Å²) >= 11 is 1.59. The fourth-order valence-corrected chi connectivity index (χ4v) is 2.73. The van der Waals surface area contributed by atoms with Gasteiger partial charge >= 0.3 is 5.69 Å². The van der Waals surface area contributed by atoms with Crippen LogP contribution in [0.1, 0.15) is 25.3 Å². The highest BCUT2D eigenvalue weighted by atomic mass is 32.1. The van der Waals surface area contributed by atoms with Crippen molar-refractivity contribution in [3.8, 4) is 0 Å². The highest BCUT2D eigenvalue weighted by Gasteiger charge is 2.14. The van der Waals surface area contributed by atoms with Gasteiger partial charge in [-0.2, -0.15) is 11.3 Å². The zero-order chi connectivity index (χ0) is 15.4. The standard InChI is InChI=1S/C14H20N4O2S/c1-3-4-6-18-12(15)11(13(19)17(2)14(18)20)16-8-10-5-7-21-9-10/h5,7,9,16H,3-4,6,8,15H2,1-2H3. The highest BCUT2D eigenvalue weighted by Crippen LogP contribution is 2.14. The van der Waals surface area contributed by atoms with Gasteiger partial charge in [0.2, 0.25) is 0 Å². The number of thiophene rings is 1. The van der Waals surface area contributed by atoms with Crippen molar-refractivity contribution in [2.45, 2.75) is 32.9 Å². The van der Waals surface area contributed by atoms with Crippen LogP contribution in [0.15, 0.2) is 26.4 Å². The molecule has 0 amide bonds. The lowest BCUT2D eigenvalue weighted by Crippen LogP contribution is -2.40. The third kappa shape index (κ3) is 3.18. The summed E-state index contributed by atoms with van der Waals surface area (Å²) in [6.07, 6.45) is 1.79. The Morgan fingerprint density at radius 3 is 2.76 bits per heavy atom. The summed E-state index contributed by atoms with van der Waals surface area (Å²) in [5, 5.41) is 7.03. The number of nitrogens with one attached hydrogen (secondary N) is 1. The maximum absolute atomic E-state index is 12.2. The van der Waals surface area contributed by atoms with E-state index in [-0.39, 0.29) is 17.1 Å². The number of rotatable bonds is 6. The molecule has 0 fully saturated rings. The molecule has 2 aromatic rings. The lowest BCUT2D eigenvalue weighted by Gasteiger charge is -2.15. The van der Waals surface area contributed by atoms with E-state index in [9.17, 15) is 9.59 Å². The number of nitrogens with zero attached hydrogens (tertiary/aromatic N) is 2. The second kappa shape index (κ2) is 6.62. The van der Waals surface area contributed by atoms with Gasteiger partial charge in [-0.05, 0) is 28.8 Å². The Labute approximate surface area is 126 Å². The van der Waals surface area contributed by atoms with Crippen molar-refractivity contribution in [3.63, 3.8) is 0 Å². The van der Waals surface area contributed by atoms with Gasteiger partial charge < -0.3 is 11.1 Å². The van der Waals surface area contributed by atoms with Gasteiger partial charge in [-0.1, -0.05) is 13.3 Å². The molecule has 0 spiro atoms. The molecular weight excluding hydrogens is 288 g/mol. The van der Waals surface area contributed by atoms with Gasteiger partial charge in [-0.25, -0.2) is 4.79 Å². The minimum atomic E-state index is -0.388. The molecule has 114 valence electrons. The van der Waals surface area contributed by atoms with Crippen molar-refractivity contribution in [1.29, 1.82) is 0 Å². The van der Waals surface area contributed by atoms with Crippen LogP contribution in [-0.2, 0) is 20.1 Å². The third-order valence-corrected chi connectivity index (χ3v) is 4.10. The maximum Gasteiger partial charge on any atom is 0.332 e. The van der Waals surface area contributed by atoms with Crippen LogP contribution in [0.25, 0.3) is 0 Å². The minimum Gasteiger partial charge on any atom is -0.383 e. The molecule has 0 aliphatic heterocycles. The molecule has 0 radical (unpaired) electrons. The number of unbranched alkanes of at least 4 members (excludes halogenated alkanes) is 1. The molecule has 0 unspecified atom stereocenters. The fraction of sp³-hybridized carbons (Fsp3) is 0.429. The topological polar surface area (TPSA) is 82.0 Å². The predicted molar refractivity (Wildman–Crippen MR) is 86.9 cm³/mol. The molecule has 0 saturated heterocycles. The van der Waals surface area contributed by atoms with E-state index in [2.05, 4.69) is 5.32 Å². The fourth-order valence-electron chi connectivity index (χ4n) is 2.07. The van der Waals surface area contributed by atoms with Crippen molar-refractivity contribution >= 4 is 22.8 Å². The number of hydrogen-bond donors (Lipinski definition) is 2. The second-order valence-corrected chi connectivity index (χ2v) is 5.68. The Balaban J connectivity index is 2.37. The van der Waals surface area contributed by atoms with Gasteiger partial charge in [0.15, 0.2) is 0 Å². The van der Waals surface area contributed by atoms with Crippen molar-refractivity contribution in [2.24, 2.45) is 7.05 Å². The summed E-state index contributed by atoms with van der Waals surface area (Å²) in [5.74, 6) is 0.215. The van der Waals surface area contributed by atoms with Crippen LogP contribution >= 0.6 is 11.3 Å². The summed E-state index contributed by atoms with van der Waals surface area (Å²) < 4.78 is 2.56. The van der Waals surface area contributed by atoms with E-state index in [0.717, 1.165) is 23.0 Å². The number of aromatic nitrogens is 2. The number of nitrogens with two attached hydrogens (primary N) is 1. The average Bonchev–Trinajstić information content (AvgIpc) is 2.98. The van der Waals surface area contributed by atoms with Gasteiger partial charge in [0.1, 0.15) is 11.5 Å². The van der Waals surface area contributed by atoms with E-state index >= 15 is 0 Å². The van der Waals surface area contributed by atoms with Gasteiger partial charge in [-0.15, -0.1) is 0 Å². The molecule has 2 heterocycles. The first kappa shape index (κ1) is 15.4. The third-order valence-electron chi connectivity index (χ3n) is 3.37. The Bertz CT molecular complexity index is 716. The number of hydrogen-bond acceptors (Lipinski definition) is 5. The number of nitrogen functional groups attached to an aromatic ring is 1. The molecule has 0 bridgehead atoms. The Morgan fingerprint density at radius 1 is 1.38 bits per heavy atom. The van der Waals surface area contributed by atoms with Crippen LogP contribution in [0.5, 0.6) is 0 Å². The lowest BCUT2D eigenvalue weighted by molar-refractivity contribution is 0.575. The van der Waals surface area contributed by atoms with Gasteiger partial charge in [0, 0.05) is 20.1 Å². The monoisotopic (exact) mass is 308 g/mol. The SMILES string of the molecule is CCCCn1c(N)c(NCc2ccsc2)c(=O)n(C)c1=O. The zero-order valence-corrected chi connectivity index (χ0v) is 13.1. The summed E-state index contributed by atoms with van der Waals surface area (Å²) in [7, 11) is 1.47. The first-order valence-corrected chi connectivity index (χ1v) is 7.84. The Morgan fingerprint density at radius 2 is 2.14 bits per heavy atom. The quantitative estimate of drug-likeness (QED) is 0.849. The van der Waals surface area contributed by atoms with E-state index < -0.39 is 0 Å². The molecule has 2 aromatic heterocycles. The highest BCUT2D eigenvalue weighted by molar-refractivity contribution is 7.07. The first-order chi connectivity index (χ1) is 10.1. The van der Waals surface area contributed by atoms with Crippen LogP contribution in [0.4, 0.5) is 11.5 Å². The van der Waals surface area contributed by atoms with Crippen LogP contribution in [0.2, 0.25) is 0 Å². The first-order valence-electron chi connectivity index (χ1n) is 6.90. The molecule has 0 saturated carbocycles. The smallest absolute Gasteiger partial charge is 0.332 e. The summed E-state index contributed by atoms with van der Waals surface area (Å²) in [6, 6.07) is 1.98. The van der Waals surface area contributed by atoms with E-state index in [1.165, 1.54) is 11.6 Å². The number of anilines is 2. The molecule has 2 rings (SSSR count). The molecule has 0 aliphatic rings. The molecule has 6 nitrogen and oxygen atoms in total. The Hall–Kier alpha value is -2.02. The normalized spacial score (nSPS) is 10.8. The average molecular weight is 308 g/mol. The van der Waals surface area contributed by atoms with Crippen molar-refractivity contribution in [2.75, 3.05) is 11.1 Å². The summed E-state index contributed by atoms with van der Waals surface area (Å²) in [6.45, 7) is 3.07. The molecule has 0 aromatic carbocycles. The molecular formula is C14H20N4O2S. The molecule has 3 N–H and O–H groups in total. The molecule has 0 atom stereocenters. The lowest BCUT2D eigenvalue weighted by atomic mass is 10.3. The van der Waals surface area contributed by atoms with E-state index in [1.54, 1.807) is 11.3 Å². The van der Waals surface area contributed by atoms with Crippen molar-refractivity contribution in [3.05, 3.63) is 43.2 Å². The van der Waals surface area contributed by atoms with Gasteiger partial charge in [-0.3, -0.25) is 13.9 Å². The van der Waals surface area contributed by atoms with Crippen LogP contribution in [0.3, 0.4) is 0 Å². The van der Waals surface area contributed by atoms with Crippen LogP contribution < -0.4 is 22.3 Å². The molecule has 21 heavy (non-hydrogen) atoms. The van der Waals surface area contributed by atoms with Crippen LogP contribution in [-0.4, -0.2) is 9.13 Å². The van der Waals surface area contributed by atoms with E-state index in [0.29, 0.717) is 18.8 Å². The van der Waals surface area contributed by atoms with E-state index in [4.69, 9.17) is 5.73 Å². The predicted octanol–water partition coefficient (Wildman–Crippen LogP) is 1.60. The zero-order valence-electron chi connectivity index (χ0n) is 12.3. The van der Waals surface area contributed by atoms with Gasteiger partial charge in [0.25, 0.3) is 5.56 Å². The largest absolute Gasteiger partial charge is 0.383 e. The van der Waals surface area contributed by atoms with Crippen LogP contribution in [0, 0.1) is 0 Å². The second-order valence-electron chi connectivity index (χ2n) is 4.90. The summed E-state index contributed by atoms with van der Waals surface area (Å²) in [5.41, 5.74) is 6.63. The maximum atomic E-state index is 12.2. The Kier molecular flexibility index (Phi) is 4.85. The molecule has 7 heteroatoms. The molecule has 0 aliphatic carbocycles. The van der Waals surface area contributed by atoms with E-state index in [1.807, 2.05) is 23.8 Å². The van der Waals surface area contributed by atoms with Crippen molar-refractivity contribution in [1.82, 2.24) is 9.13 Å². The summed E-state index contributed by atoms with van der Waals surface area (Å²) in [4.78, 5) is 24.3. The minimum absolute atomic E-state index is 0.215.